The summed E-state index contributed by atoms with van der Waals surface area (Å²) in [6.45, 7) is 4.97. The summed E-state index contributed by atoms with van der Waals surface area (Å²) in [5, 5.41) is 9.29. The fourth-order valence-corrected chi connectivity index (χ4v) is 3.10. The first kappa shape index (κ1) is 20.5. The van der Waals surface area contributed by atoms with Crippen molar-refractivity contribution in [2.24, 2.45) is 4.99 Å². The number of nitrogens with one attached hydrogen (secondary N) is 3. The van der Waals surface area contributed by atoms with Crippen molar-refractivity contribution < 1.29 is 14.3 Å². The molecule has 0 spiro atoms. The quantitative estimate of drug-likeness (QED) is 0.495. The molecule has 0 atom stereocenters. The van der Waals surface area contributed by atoms with E-state index in [-0.39, 0.29) is 0 Å². The summed E-state index contributed by atoms with van der Waals surface area (Å²) in [6.07, 6.45) is 1.44. The molecular formula is C22H28N4O3. The maximum absolute atomic E-state index is 11.2. The third kappa shape index (κ3) is 6.14. The summed E-state index contributed by atoms with van der Waals surface area (Å²) < 4.78 is 10.1. The van der Waals surface area contributed by atoms with Crippen molar-refractivity contribution in [3.8, 4) is 5.75 Å². The number of methoxy groups -OCH3 is 1. The Morgan fingerprint density at radius 3 is 2.69 bits per heavy atom. The predicted octanol–water partition coefficient (Wildman–Crippen LogP) is 3.10. The minimum atomic E-state index is -0.481. The zero-order chi connectivity index (χ0) is 20.5. The lowest BCUT2D eigenvalue weighted by Gasteiger charge is -2.12. The largest absolute Gasteiger partial charge is 0.493 e. The fraction of sp³-hybridized carbons (Fsp3) is 0.364. The number of benzene rings is 2. The van der Waals surface area contributed by atoms with Crippen molar-refractivity contribution in [1.82, 2.24) is 10.6 Å². The monoisotopic (exact) mass is 396 g/mol. The number of ether oxygens (including phenoxy) is 2. The molecule has 0 radical (unpaired) electrons. The van der Waals surface area contributed by atoms with Crippen molar-refractivity contribution >= 4 is 17.7 Å². The van der Waals surface area contributed by atoms with Crippen LogP contribution < -0.4 is 20.7 Å². The van der Waals surface area contributed by atoms with Crippen LogP contribution in [0.1, 0.15) is 23.6 Å². The number of amides is 1. The molecule has 1 amide bonds. The van der Waals surface area contributed by atoms with E-state index in [4.69, 9.17) is 4.74 Å². The Kier molecular flexibility index (Phi) is 7.33. The van der Waals surface area contributed by atoms with Gasteiger partial charge in [-0.25, -0.2) is 9.79 Å². The highest BCUT2D eigenvalue weighted by molar-refractivity contribution is 5.84. The van der Waals surface area contributed by atoms with Crippen LogP contribution >= 0.6 is 0 Å². The molecule has 0 fully saturated rings. The average Bonchev–Trinajstić information content (AvgIpc) is 3.21. The molecule has 0 saturated heterocycles. The molecule has 0 aromatic heterocycles. The summed E-state index contributed by atoms with van der Waals surface area (Å²) in [4.78, 5) is 15.9. The Morgan fingerprint density at radius 2 is 1.93 bits per heavy atom. The van der Waals surface area contributed by atoms with Crippen LogP contribution in [0, 0.1) is 0 Å². The Bertz CT molecular complexity index is 850. The molecule has 2 aromatic rings. The molecule has 2 aromatic carbocycles. The van der Waals surface area contributed by atoms with Crippen LogP contribution in [-0.4, -0.2) is 38.9 Å². The maximum Gasteiger partial charge on any atom is 0.411 e. The Morgan fingerprint density at radius 1 is 1.14 bits per heavy atom. The summed E-state index contributed by atoms with van der Waals surface area (Å²) in [7, 11) is 1.34. The number of fused-ring (bicyclic) bond motifs is 1. The number of anilines is 1. The zero-order valence-corrected chi connectivity index (χ0v) is 17.0. The topological polar surface area (TPSA) is 84.0 Å². The summed E-state index contributed by atoms with van der Waals surface area (Å²) in [5.41, 5.74) is 4.34. The second-order valence-electron chi connectivity index (χ2n) is 6.73. The molecule has 0 aliphatic carbocycles. The maximum atomic E-state index is 11.2. The van der Waals surface area contributed by atoms with Gasteiger partial charge in [0.1, 0.15) is 5.75 Å². The lowest BCUT2D eigenvalue weighted by Crippen LogP contribution is -2.38. The molecule has 7 nitrogen and oxygen atoms in total. The van der Waals surface area contributed by atoms with Gasteiger partial charge < -0.3 is 20.1 Å². The molecule has 1 aliphatic heterocycles. The number of aliphatic imine (C=N–C) groups is 1. The average molecular weight is 396 g/mol. The van der Waals surface area contributed by atoms with Gasteiger partial charge in [0.15, 0.2) is 5.96 Å². The zero-order valence-electron chi connectivity index (χ0n) is 17.0. The van der Waals surface area contributed by atoms with Crippen LogP contribution in [0.3, 0.4) is 0 Å². The highest BCUT2D eigenvalue weighted by atomic mass is 16.5. The van der Waals surface area contributed by atoms with Crippen LogP contribution in [0.25, 0.3) is 0 Å². The van der Waals surface area contributed by atoms with Crippen molar-refractivity contribution in [3.63, 3.8) is 0 Å². The van der Waals surface area contributed by atoms with E-state index in [2.05, 4.69) is 43.9 Å². The molecule has 7 heteroatoms. The number of hydrogen-bond donors (Lipinski definition) is 3. The predicted molar refractivity (Wildman–Crippen MR) is 115 cm³/mol. The van der Waals surface area contributed by atoms with Crippen LogP contribution in [0.5, 0.6) is 5.75 Å². The highest BCUT2D eigenvalue weighted by Gasteiger charge is 2.11. The van der Waals surface area contributed by atoms with Crippen molar-refractivity contribution in [2.45, 2.75) is 26.3 Å². The van der Waals surface area contributed by atoms with Gasteiger partial charge in [0.25, 0.3) is 0 Å². The van der Waals surface area contributed by atoms with Crippen LogP contribution in [0.2, 0.25) is 0 Å². The van der Waals surface area contributed by atoms with Crippen molar-refractivity contribution in [2.75, 3.05) is 32.1 Å². The molecule has 0 saturated carbocycles. The molecule has 3 rings (SSSR count). The Labute approximate surface area is 171 Å². The van der Waals surface area contributed by atoms with Gasteiger partial charge in [-0.1, -0.05) is 24.3 Å². The number of nitrogens with zero attached hydrogens (tertiary/aromatic N) is 1. The van der Waals surface area contributed by atoms with E-state index in [1.54, 1.807) is 0 Å². The smallest absolute Gasteiger partial charge is 0.411 e. The summed E-state index contributed by atoms with van der Waals surface area (Å²) in [5.74, 6) is 1.80. The first-order chi connectivity index (χ1) is 14.2. The first-order valence-electron chi connectivity index (χ1n) is 9.88. The minimum absolute atomic E-state index is 0.481. The van der Waals surface area contributed by atoms with E-state index < -0.39 is 6.09 Å². The number of carbonyl (C=O) groups is 1. The normalized spacial score (nSPS) is 12.7. The van der Waals surface area contributed by atoms with E-state index in [1.165, 1.54) is 18.2 Å². The van der Waals surface area contributed by atoms with Gasteiger partial charge >= 0.3 is 6.09 Å². The van der Waals surface area contributed by atoms with Crippen LogP contribution in [-0.2, 0) is 24.1 Å². The second-order valence-corrected chi connectivity index (χ2v) is 6.73. The standard InChI is InChI=1S/C22H28N4O3/c1-3-23-21(24-12-10-16-6-9-20-18(14-16)11-13-29-20)25-15-17-4-7-19(8-5-17)26-22(27)28-2/h4-9,14H,3,10-13,15H2,1-2H3,(H,26,27)(H2,23,24,25). The Hall–Kier alpha value is -3.22. The number of rotatable bonds is 7. The highest BCUT2D eigenvalue weighted by Crippen LogP contribution is 2.25. The number of guanidine groups is 1. The van der Waals surface area contributed by atoms with Gasteiger partial charge in [-0.15, -0.1) is 0 Å². The van der Waals surface area contributed by atoms with Gasteiger partial charge in [-0.3, -0.25) is 5.32 Å². The number of hydrogen-bond acceptors (Lipinski definition) is 4. The SMILES string of the molecule is CCNC(=NCc1ccc(NC(=O)OC)cc1)NCCc1ccc2c(c1)CCO2. The third-order valence-electron chi connectivity index (χ3n) is 4.61. The van der Waals surface area contributed by atoms with Gasteiger partial charge in [0.05, 0.1) is 20.3 Å². The summed E-state index contributed by atoms with van der Waals surface area (Å²) in [6, 6.07) is 14.0. The minimum Gasteiger partial charge on any atom is -0.493 e. The molecule has 154 valence electrons. The van der Waals surface area contributed by atoms with Crippen LogP contribution in [0.15, 0.2) is 47.5 Å². The summed E-state index contributed by atoms with van der Waals surface area (Å²) >= 11 is 0. The molecule has 1 heterocycles. The molecule has 0 bridgehead atoms. The van der Waals surface area contributed by atoms with Gasteiger partial charge in [0, 0.05) is 25.2 Å². The third-order valence-corrected chi connectivity index (χ3v) is 4.61. The molecule has 3 N–H and O–H groups in total. The Balaban J connectivity index is 1.50. The fourth-order valence-electron chi connectivity index (χ4n) is 3.10. The lowest BCUT2D eigenvalue weighted by atomic mass is 10.1. The van der Waals surface area contributed by atoms with E-state index in [0.717, 1.165) is 49.8 Å². The van der Waals surface area contributed by atoms with Crippen molar-refractivity contribution in [1.29, 1.82) is 0 Å². The second kappa shape index (κ2) is 10.4. The molecular weight excluding hydrogens is 368 g/mol. The van der Waals surface area contributed by atoms with E-state index in [9.17, 15) is 4.79 Å². The van der Waals surface area contributed by atoms with E-state index in [1.807, 2.05) is 31.2 Å². The van der Waals surface area contributed by atoms with Gasteiger partial charge in [-0.05, 0) is 48.2 Å². The molecule has 1 aliphatic rings. The van der Waals surface area contributed by atoms with Crippen LogP contribution in [0.4, 0.5) is 10.5 Å². The molecule has 0 unspecified atom stereocenters. The van der Waals surface area contributed by atoms with E-state index >= 15 is 0 Å². The lowest BCUT2D eigenvalue weighted by molar-refractivity contribution is 0.187. The van der Waals surface area contributed by atoms with E-state index in [0.29, 0.717) is 12.2 Å². The first-order valence-corrected chi connectivity index (χ1v) is 9.88. The van der Waals surface area contributed by atoms with Gasteiger partial charge in [-0.2, -0.15) is 0 Å². The number of carbonyl (C=O) groups excluding carboxylic acids is 1. The molecule has 29 heavy (non-hydrogen) atoms. The van der Waals surface area contributed by atoms with Gasteiger partial charge in [0.2, 0.25) is 0 Å². The van der Waals surface area contributed by atoms with Crippen molar-refractivity contribution in [3.05, 3.63) is 59.2 Å².